The van der Waals surface area contributed by atoms with Gasteiger partial charge < -0.3 is 14.8 Å². The summed E-state index contributed by atoms with van der Waals surface area (Å²) in [6.45, 7) is 0. The lowest BCUT2D eigenvalue weighted by molar-refractivity contribution is 0.354. The second-order valence-electron chi connectivity index (χ2n) is 4.79. The summed E-state index contributed by atoms with van der Waals surface area (Å²) in [5.41, 5.74) is 2.50. The molecular weight excluding hydrogens is 377 g/mol. The highest BCUT2D eigenvalue weighted by Crippen LogP contribution is 2.29. The molecule has 0 fully saturated rings. The van der Waals surface area contributed by atoms with E-state index in [1.807, 2.05) is 19.2 Å². The summed E-state index contributed by atoms with van der Waals surface area (Å²) < 4.78 is 11.9. The molecule has 0 aliphatic rings. The first-order chi connectivity index (χ1) is 10.2. The summed E-state index contributed by atoms with van der Waals surface area (Å²) in [7, 11) is 5.30. The quantitative estimate of drug-likeness (QED) is 0.753. The third-order valence-corrected chi connectivity index (χ3v) is 4.23. The fourth-order valence-electron chi connectivity index (χ4n) is 2.32. The highest BCUT2D eigenvalue weighted by molar-refractivity contribution is 14.1. The van der Waals surface area contributed by atoms with Gasteiger partial charge in [-0.05, 0) is 71.5 Å². The maximum atomic E-state index is 5.37. The second kappa shape index (κ2) is 7.66. The maximum Gasteiger partial charge on any atom is 0.160 e. The van der Waals surface area contributed by atoms with Gasteiger partial charge in [-0.3, -0.25) is 0 Å². The van der Waals surface area contributed by atoms with Gasteiger partial charge in [0.05, 0.1) is 14.2 Å². The molecule has 1 N–H and O–H groups in total. The van der Waals surface area contributed by atoms with E-state index in [0.717, 1.165) is 17.9 Å². The molecule has 21 heavy (non-hydrogen) atoms. The molecule has 0 saturated heterocycles. The molecule has 0 aliphatic carbocycles. The van der Waals surface area contributed by atoms with Crippen molar-refractivity contribution < 1.29 is 9.47 Å². The van der Waals surface area contributed by atoms with Crippen LogP contribution in [0.2, 0.25) is 0 Å². The maximum absolute atomic E-state index is 5.37. The zero-order valence-electron chi connectivity index (χ0n) is 12.5. The molecule has 0 spiro atoms. The van der Waals surface area contributed by atoms with Gasteiger partial charge in [-0.15, -0.1) is 0 Å². The van der Waals surface area contributed by atoms with Crippen LogP contribution in [-0.4, -0.2) is 21.3 Å². The molecule has 2 rings (SSSR count). The van der Waals surface area contributed by atoms with Crippen LogP contribution < -0.4 is 14.8 Å². The van der Waals surface area contributed by atoms with Crippen LogP contribution >= 0.6 is 22.6 Å². The standard InChI is InChI=1S/C17H20INO2/c1-19-15(13-5-7-14(18)8-6-13)10-12-4-9-16(20-2)17(11-12)21-3/h4-9,11,15,19H,10H2,1-3H3. The topological polar surface area (TPSA) is 30.5 Å². The molecule has 2 aromatic carbocycles. The molecule has 0 aromatic heterocycles. The molecule has 1 atom stereocenters. The Labute approximate surface area is 139 Å². The minimum absolute atomic E-state index is 0.278. The highest BCUT2D eigenvalue weighted by Gasteiger charge is 2.12. The van der Waals surface area contributed by atoms with Gasteiger partial charge in [-0.2, -0.15) is 0 Å². The smallest absolute Gasteiger partial charge is 0.160 e. The Morgan fingerprint density at radius 2 is 1.67 bits per heavy atom. The van der Waals surface area contributed by atoms with Crippen LogP contribution in [0.25, 0.3) is 0 Å². The Hall–Kier alpha value is -1.27. The average Bonchev–Trinajstić information content (AvgIpc) is 2.53. The zero-order chi connectivity index (χ0) is 15.2. The van der Waals surface area contributed by atoms with Gasteiger partial charge in [0.25, 0.3) is 0 Å². The molecule has 0 aliphatic heterocycles. The lowest BCUT2D eigenvalue weighted by Crippen LogP contribution is -2.18. The minimum atomic E-state index is 0.278. The Morgan fingerprint density at radius 3 is 2.24 bits per heavy atom. The van der Waals surface area contributed by atoms with E-state index >= 15 is 0 Å². The van der Waals surface area contributed by atoms with E-state index in [1.165, 1.54) is 14.7 Å². The van der Waals surface area contributed by atoms with Crippen molar-refractivity contribution in [2.24, 2.45) is 0 Å². The third-order valence-electron chi connectivity index (χ3n) is 3.51. The molecule has 1 unspecified atom stereocenters. The predicted molar refractivity (Wildman–Crippen MR) is 94.2 cm³/mol. The van der Waals surface area contributed by atoms with Crippen LogP contribution in [-0.2, 0) is 6.42 Å². The lowest BCUT2D eigenvalue weighted by atomic mass is 9.99. The van der Waals surface area contributed by atoms with E-state index in [4.69, 9.17) is 9.47 Å². The number of nitrogens with one attached hydrogen (secondary N) is 1. The summed E-state index contributed by atoms with van der Waals surface area (Å²) in [6, 6.07) is 15.0. The van der Waals surface area contributed by atoms with Crippen molar-refractivity contribution in [3.8, 4) is 11.5 Å². The van der Waals surface area contributed by atoms with Gasteiger partial charge >= 0.3 is 0 Å². The van der Waals surface area contributed by atoms with Crippen LogP contribution in [0.15, 0.2) is 42.5 Å². The van der Waals surface area contributed by atoms with Crippen molar-refractivity contribution in [1.82, 2.24) is 5.32 Å². The number of ether oxygens (including phenoxy) is 2. The average molecular weight is 397 g/mol. The molecule has 2 aromatic rings. The van der Waals surface area contributed by atoms with Gasteiger partial charge in [-0.25, -0.2) is 0 Å². The first-order valence-electron chi connectivity index (χ1n) is 6.81. The Kier molecular flexibility index (Phi) is 5.87. The largest absolute Gasteiger partial charge is 0.493 e. The number of hydrogen-bond donors (Lipinski definition) is 1. The van der Waals surface area contributed by atoms with Gasteiger partial charge in [0.15, 0.2) is 11.5 Å². The Balaban J connectivity index is 2.20. The second-order valence-corrected chi connectivity index (χ2v) is 6.03. The first kappa shape index (κ1) is 16.1. The molecule has 3 nitrogen and oxygen atoms in total. The molecule has 0 bridgehead atoms. The van der Waals surface area contributed by atoms with Crippen LogP contribution in [0.1, 0.15) is 17.2 Å². The van der Waals surface area contributed by atoms with Gasteiger partial charge in [0.1, 0.15) is 0 Å². The van der Waals surface area contributed by atoms with Gasteiger partial charge in [-0.1, -0.05) is 18.2 Å². The lowest BCUT2D eigenvalue weighted by Gasteiger charge is -2.18. The minimum Gasteiger partial charge on any atom is -0.493 e. The van der Waals surface area contributed by atoms with Crippen molar-refractivity contribution in [3.05, 3.63) is 57.2 Å². The summed E-state index contributed by atoms with van der Waals surface area (Å²) in [4.78, 5) is 0. The Morgan fingerprint density at radius 1 is 1.00 bits per heavy atom. The van der Waals surface area contributed by atoms with E-state index in [2.05, 4.69) is 58.2 Å². The fraction of sp³-hybridized carbons (Fsp3) is 0.294. The molecule has 4 heteroatoms. The number of halogens is 1. The predicted octanol–water partition coefficient (Wildman–Crippen LogP) is 3.81. The molecule has 0 radical (unpaired) electrons. The SMILES string of the molecule is CNC(Cc1ccc(OC)c(OC)c1)c1ccc(I)cc1. The molecule has 0 saturated carbocycles. The van der Waals surface area contributed by atoms with Crippen LogP contribution in [0.4, 0.5) is 0 Å². The van der Waals surface area contributed by atoms with Crippen molar-refractivity contribution in [1.29, 1.82) is 0 Å². The van der Waals surface area contributed by atoms with E-state index in [-0.39, 0.29) is 6.04 Å². The zero-order valence-corrected chi connectivity index (χ0v) is 14.7. The number of hydrogen-bond acceptors (Lipinski definition) is 3. The third kappa shape index (κ3) is 4.11. The number of likely N-dealkylation sites (N-methyl/N-ethyl adjacent to an activating group) is 1. The normalized spacial score (nSPS) is 12.0. The van der Waals surface area contributed by atoms with Crippen LogP contribution in [0.3, 0.4) is 0 Å². The van der Waals surface area contributed by atoms with Crippen LogP contribution in [0, 0.1) is 3.57 Å². The number of rotatable bonds is 6. The van der Waals surface area contributed by atoms with Crippen molar-refractivity contribution >= 4 is 22.6 Å². The van der Waals surface area contributed by atoms with E-state index in [0.29, 0.717) is 0 Å². The number of benzene rings is 2. The van der Waals surface area contributed by atoms with Crippen molar-refractivity contribution in [3.63, 3.8) is 0 Å². The van der Waals surface area contributed by atoms with E-state index < -0.39 is 0 Å². The number of methoxy groups -OCH3 is 2. The monoisotopic (exact) mass is 397 g/mol. The van der Waals surface area contributed by atoms with Crippen molar-refractivity contribution in [2.45, 2.75) is 12.5 Å². The Bertz CT molecular complexity index is 584. The molecule has 0 heterocycles. The summed E-state index contributed by atoms with van der Waals surface area (Å²) >= 11 is 2.32. The summed E-state index contributed by atoms with van der Waals surface area (Å²) in [6.07, 6.45) is 0.900. The van der Waals surface area contributed by atoms with Gasteiger partial charge in [0.2, 0.25) is 0 Å². The fourth-order valence-corrected chi connectivity index (χ4v) is 2.68. The highest BCUT2D eigenvalue weighted by atomic mass is 127. The van der Waals surface area contributed by atoms with E-state index in [1.54, 1.807) is 14.2 Å². The van der Waals surface area contributed by atoms with Crippen LogP contribution in [0.5, 0.6) is 11.5 Å². The molecule has 112 valence electrons. The molecular formula is C17H20INO2. The summed E-state index contributed by atoms with van der Waals surface area (Å²) in [5, 5.41) is 3.38. The van der Waals surface area contributed by atoms with Gasteiger partial charge in [0, 0.05) is 9.61 Å². The summed E-state index contributed by atoms with van der Waals surface area (Å²) in [5.74, 6) is 1.53. The van der Waals surface area contributed by atoms with Crippen molar-refractivity contribution in [2.75, 3.05) is 21.3 Å². The first-order valence-corrected chi connectivity index (χ1v) is 7.89. The molecule has 0 amide bonds. The van der Waals surface area contributed by atoms with E-state index in [9.17, 15) is 0 Å².